The summed E-state index contributed by atoms with van der Waals surface area (Å²) in [5.74, 6) is 0. The van der Waals surface area contributed by atoms with Crippen LogP contribution in [-0.4, -0.2) is 0 Å². The predicted octanol–water partition coefficient (Wildman–Crippen LogP) is 3.92. The summed E-state index contributed by atoms with van der Waals surface area (Å²) >= 11 is 0. The monoisotopic (exact) mass is 140 g/mol. The first kappa shape index (κ1) is 9.74. The first-order chi connectivity index (χ1) is 4.81. The summed E-state index contributed by atoms with van der Waals surface area (Å²) in [6, 6.07) is 0. The summed E-state index contributed by atoms with van der Waals surface area (Å²) in [7, 11) is 0. The van der Waals surface area contributed by atoms with E-state index in [0.29, 0.717) is 0 Å². The van der Waals surface area contributed by atoms with Gasteiger partial charge in [0.2, 0.25) is 0 Å². The zero-order chi connectivity index (χ0) is 7.82. The van der Waals surface area contributed by atoms with Crippen LogP contribution in [0.3, 0.4) is 0 Å². The molecule has 0 radical (unpaired) electrons. The van der Waals surface area contributed by atoms with Crippen LogP contribution in [0.25, 0.3) is 0 Å². The maximum absolute atomic E-state index is 2.37. The first-order valence-corrected chi connectivity index (χ1v) is 4.46. The summed E-state index contributed by atoms with van der Waals surface area (Å²) in [6.07, 6.45) is 8.88. The highest BCUT2D eigenvalue weighted by Crippen LogP contribution is 2.07. The van der Waals surface area contributed by atoms with Gasteiger partial charge in [0.1, 0.15) is 0 Å². The Labute approximate surface area is 65.3 Å². The molecule has 0 unspecified atom stereocenters. The smallest absolute Gasteiger partial charge is 0.0323 e. The average Bonchev–Trinajstić information content (AvgIpc) is 1.97. The molecule has 60 valence electrons. The summed E-state index contributed by atoms with van der Waals surface area (Å²) in [6.45, 7) is 6.71. The van der Waals surface area contributed by atoms with Gasteiger partial charge in [0, 0.05) is 0 Å². The molecule has 0 heteroatoms. The number of unbranched alkanes of at least 4 members (excludes halogenated alkanes) is 2. The Bertz CT molecular complexity index is 90.2. The molecule has 0 aromatic rings. The molecule has 0 rings (SSSR count). The van der Waals surface area contributed by atoms with Crippen molar-refractivity contribution in [2.45, 2.75) is 52.9 Å². The van der Waals surface area contributed by atoms with Crippen LogP contribution >= 0.6 is 0 Å². The molecule has 0 atom stereocenters. The van der Waals surface area contributed by atoms with E-state index in [9.17, 15) is 0 Å². The third-order valence-corrected chi connectivity index (χ3v) is 1.71. The van der Waals surface area contributed by atoms with Gasteiger partial charge in [-0.05, 0) is 26.2 Å². The standard InChI is InChI=1S/C10H20/c1-4-6-8-10(3)9-7-5-2/h8H,4-7,9H2,1-3H3/b10-8-. The van der Waals surface area contributed by atoms with Gasteiger partial charge in [-0.1, -0.05) is 38.3 Å². The molecule has 0 aliphatic rings. The van der Waals surface area contributed by atoms with Gasteiger partial charge in [0.25, 0.3) is 0 Å². The van der Waals surface area contributed by atoms with Crippen LogP contribution in [0.2, 0.25) is 0 Å². The summed E-state index contributed by atoms with van der Waals surface area (Å²) < 4.78 is 0. The van der Waals surface area contributed by atoms with Crippen LogP contribution in [0.15, 0.2) is 11.6 Å². The van der Waals surface area contributed by atoms with Crippen molar-refractivity contribution in [1.29, 1.82) is 0 Å². The Morgan fingerprint density at radius 2 is 1.90 bits per heavy atom. The van der Waals surface area contributed by atoms with E-state index in [0.717, 1.165) is 0 Å². The lowest BCUT2D eigenvalue weighted by Gasteiger charge is -1.97. The van der Waals surface area contributed by atoms with E-state index in [1.54, 1.807) is 5.57 Å². The molecule has 0 spiro atoms. The minimum absolute atomic E-state index is 1.26. The third-order valence-electron chi connectivity index (χ3n) is 1.71. The molecule has 10 heavy (non-hydrogen) atoms. The molecule has 0 aliphatic carbocycles. The van der Waals surface area contributed by atoms with E-state index in [1.807, 2.05) is 0 Å². The van der Waals surface area contributed by atoms with Crippen molar-refractivity contribution in [3.8, 4) is 0 Å². The van der Waals surface area contributed by atoms with E-state index in [-0.39, 0.29) is 0 Å². The zero-order valence-electron chi connectivity index (χ0n) is 7.61. The summed E-state index contributed by atoms with van der Waals surface area (Å²) in [5.41, 5.74) is 1.57. The lowest BCUT2D eigenvalue weighted by molar-refractivity contribution is 0.780. The van der Waals surface area contributed by atoms with Crippen molar-refractivity contribution in [1.82, 2.24) is 0 Å². The predicted molar refractivity (Wildman–Crippen MR) is 48.2 cm³/mol. The maximum Gasteiger partial charge on any atom is -0.0323 e. The van der Waals surface area contributed by atoms with E-state index in [4.69, 9.17) is 0 Å². The van der Waals surface area contributed by atoms with Gasteiger partial charge in [-0.2, -0.15) is 0 Å². The molecule has 0 nitrogen and oxygen atoms in total. The molecule has 0 aromatic heterocycles. The fourth-order valence-corrected chi connectivity index (χ4v) is 0.948. The second-order valence-corrected chi connectivity index (χ2v) is 2.94. The molecule has 0 fully saturated rings. The quantitative estimate of drug-likeness (QED) is 0.508. The molecule has 0 saturated heterocycles. The lowest BCUT2D eigenvalue weighted by Crippen LogP contribution is -1.77. The van der Waals surface area contributed by atoms with E-state index in [1.165, 1.54) is 32.1 Å². The van der Waals surface area contributed by atoms with E-state index in [2.05, 4.69) is 26.8 Å². The van der Waals surface area contributed by atoms with Crippen molar-refractivity contribution in [3.05, 3.63) is 11.6 Å². The molecular weight excluding hydrogens is 120 g/mol. The summed E-state index contributed by atoms with van der Waals surface area (Å²) in [4.78, 5) is 0. The molecular formula is C10H20. The van der Waals surface area contributed by atoms with Gasteiger partial charge in [0.15, 0.2) is 0 Å². The van der Waals surface area contributed by atoms with Crippen LogP contribution in [0.5, 0.6) is 0 Å². The van der Waals surface area contributed by atoms with Crippen molar-refractivity contribution in [2.75, 3.05) is 0 Å². The fourth-order valence-electron chi connectivity index (χ4n) is 0.948. The number of hydrogen-bond acceptors (Lipinski definition) is 0. The Hall–Kier alpha value is -0.260. The fraction of sp³-hybridized carbons (Fsp3) is 0.800. The molecule has 0 amide bonds. The van der Waals surface area contributed by atoms with Crippen LogP contribution in [0, 0.1) is 0 Å². The number of rotatable bonds is 5. The Morgan fingerprint density at radius 1 is 1.20 bits per heavy atom. The van der Waals surface area contributed by atoms with Gasteiger partial charge >= 0.3 is 0 Å². The van der Waals surface area contributed by atoms with Crippen molar-refractivity contribution >= 4 is 0 Å². The van der Waals surface area contributed by atoms with Crippen LogP contribution in [0.1, 0.15) is 52.9 Å². The highest BCUT2D eigenvalue weighted by molar-refractivity contribution is 4.97. The topological polar surface area (TPSA) is 0 Å². The number of allylic oxidation sites excluding steroid dienone is 2. The number of hydrogen-bond donors (Lipinski definition) is 0. The SMILES string of the molecule is CCC/C=C(/C)CCCC. The Kier molecular flexibility index (Phi) is 6.68. The molecule has 0 aliphatic heterocycles. The molecule has 0 bridgehead atoms. The molecule has 0 heterocycles. The summed E-state index contributed by atoms with van der Waals surface area (Å²) in [5, 5.41) is 0. The highest BCUT2D eigenvalue weighted by Gasteiger charge is 1.86. The highest BCUT2D eigenvalue weighted by atomic mass is 13.9. The van der Waals surface area contributed by atoms with E-state index < -0.39 is 0 Å². The van der Waals surface area contributed by atoms with Gasteiger partial charge in [-0.3, -0.25) is 0 Å². The molecule has 0 saturated carbocycles. The Morgan fingerprint density at radius 3 is 2.40 bits per heavy atom. The second kappa shape index (κ2) is 6.85. The first-order valence-electron chi connectivity index (χ1n) is 4.46. The lowest BCUT2D eigenvalue weighted by atomic mass is 10.1. The average molecular weight is 140 g/mol. The minimum Gasteiger partial charge on any atom is -0.0856 e. The van der Waals surface area contributed by atoms with Gasteiger partial charge in [-0.25, -0.2) is 0 Å². The van der Waals surface area contributed by atoms with Gasteiger partial charge < -0.3 is 0 Å². The maximum atomic E-state index is 2.37. The molecule has 0 N–H and O–H groups in total. The van der Waals surface area contributed by atoms with E-state index >= 15 is 0 Å². The van der Waals surface area contributed by atoms with Crippen molar-refractivity contribution < 1.29 is 0 Å². The van der Waals surface area contributed by atoms with Gasteiger partial charge in [0.05, 0.1) is 0 Å². The van der Waals surface area contributed by atoms with Crippen molar-refractivity contribution in [3.63, 3.8) is 0 Å². The Balaban J connectivity index is 3.30. The van der Waals surface area contributed by atoms with Crippen LogP contribution < -0.4 is 0 Å². The minimum atomic E-state index is 1.26. The van der Waals surface area contributed by atoms with Crippen LogP contribution in [-0.2, 0) is 0 Å². The second-order valence-electron chi connectivity index (χ2n) is 2.94. The van der Waals surface area contributed by atoms with Crippen molar-refractivity contribution in [2.24, 2.45) is 0 Å². The van der Waals surface area contributed by atoms with Crippen LogP contribution in [0.4, 0.5) is 0 Å². The molecule has 0 aromatic carbocycles. The van der Waals surface area contributed by atoms with Gasteiger partial charge in [-0.15, -0.1) is 0 Å². The largest absolute Gasteiger partial charge is 0.0856 e. The normalized spacial score (nSPS) is 12.1. The zero-order valence-corrected chi connectivity index (χ0v) is 7.61. The third kappa shape index (κ3) is 5.87.